The molecule has 3 rings (SSSR count). The van der Waals surface area contributed by atoms with Crippen LogP contribution in [0.2, 0.25) is 5.02 Å². The number of carbonyl (C=O) groups excluding carboxylic acids is 1. The lowest BCUT2D eigenvalue weighted by molar-refractivity contribution is -0.885. The van der Waals surface area contributed by atoms with Crippen molar-refractivity contribution in [3.63, 3.8) is 0 Å². The number of benzene rings is 1. The van der Waals surface area contributed by atoms with E-state index in [0.717, 1.165) is 21.2 Å². The smallest absolute Gasteiger partial charge is 0.279 e. The standard InChI is InChI=1S/C17H16ClN3O2S/c1-21(10-16(22)19-13-6-4-12(18)5-7-13)9-14-11-23-17(20-14)15-3-2-8-24-15/h2-8,11H,9-10H2,1H3,(H,19,22)/p+1. The van der Waals surface area contributed by atoms with E-state index < -0.39 is 0 Å². The summed E-state index contributed by atoms with van der Waals surface area (Å²) in [6, 6.07) is 11.0. The van der Waals surface area contributed by atoms with Crippen molar-refractivity contribution in [2.45, 2.75) is 6.54 Å². The van der Waals surface area contributed by atoms with E-state index in [-0.39, 0.29) is 5.91 Å². The summed E-state index contributed by atoms with van der Waals surface area (Å²) < 4.78 is 5.49. The summed E-state index contributed by atoms with van der Waals surface area (Å²) in [6.07, 6.45) is 1.65. The Morgan fingerprint density at radius 3 is 2.83 bits per heavy atom. The SMILES string of the molecule is C[NH+](CC(=O)Nc1ccc(Cl)cc1)Cc1coc(-c2cccs2)n1. The van der Waals surface area contributed by atoms with E-state index in [0.29, 0.717) is 24.0 Å². The third-order valence-corrected chi connectivity index (χ3v) is 4.47. The van der Waals surface area contributed by atoms with Crippen molar-refractivity contribution in [2.24, 2.45) is 0 Å². The number of rotatable bonds is 6. The summed E-state index contributed by atoms with van der Waals surface area (Å²) in [5.74, 6) is 0.565. The normalized spacial score (nSPS) is 12.1. The van der Waals surface area contributed by atoms with Crippen molar-refractivity contribution in [2.75, 3.05) is 18.9 Å². The van der Waals surface area contributed by atoms with Gasteiger partial charge >= 0.3 is 0 Å². The summed E-state index contributed by atoms with van der Waals surface area (Å²) in [6.45, 7) is 0.951. The third kappa shape index (κ3) is 4.44. The van der Waals surface area contributed by atoms with E-state index >= 15 is 0 Å². The molecule has 0 saturated heterocycles. The highest BCUT2D eigenvalue weighted by atomic mass is 35.5. The van der Waals surface area contributed by atoms with Crippen LogP contribution in [0.5, 0.6) is 0 Å². The third-order valence-electron chi connectivity index (χ3n) is 3.36. The number of nitrogens with one attached hydrogen (secondary N) is 2. The molecule has 7 heteroatoms. The molecule has 2 heterocycles. The molecule has 0 radical (unpaired) electrons. The minimum Gasteiger partial charge on any atom is -0.443 e. The Bertz CT molecular complexity index is 800. The van der Waals surface area contributed by atoms with Gasteiger partial charge in [0, 0.05) is 10.7 Å². The molecule has 0 bridgehead atoms. The number of amides is 1. The van der Waals surface area contributed by atoms with Gasteiger partial charge < -0.3 is 14.6 Å². The Hall–Kier alpha value is -2.15. The van der Waals surface area contributed by atoms with Crippen molar-refractivity contribution in [3.05, 3.63) is 58.8 Å². The lowest BCUT2D eigenvalue weighted by Crippen LogP contribution is -3.08. The first-order chi connectivity index (χ1) is 11.6. The van der Waals surface area contributed by atoms with Crippen LogP contribution in [0.15, 0.2) is 52.5 Å². The lowest BCUT2D eigenvalue weighted by atomic mass is 10.3. The zero-order valence-electron chi connectivity index (χ0n) is 13.1. The van der Waals surface area contributed by atoms with Crippen LogP contribution in [0.1, 0.15) is 5.69 Å². The fraction of sp³-hybridized carbons (Fsp3) is 0.176. The predicted molar refractivity (Wildman–Crippen MR) is 95.4 cm³/mol. The van der Waals surface area contributed by atoms with Gasteiger partial charge in [0.2, 0.25) is 5.89 Å². The first-order valence-corrected chi connectivity index (χ1v) is 8.71. The number of quaternary nitrogens is 1. The highest BCUT2D eigenvalue weighted by Gasteiger charge is 2.14. The summed E-state index contributed by atoms with van der Waals surface area (Å²) in [5, 5.41) is 5.48. The molecule has 0 spiro atoms. The van der Waals surface area contributed by atoms with Gasteiger partial charge in [-0.1, -0.05) is 17.7 Å². The molecule has 5 nitrogen and oxygen atoms in total. The molecule has 0 aliphatic heterocycles. The van der Waals surface area contributed by atoms with Crippen LogP contribution < -0.4 is 10.2 Å². The van der Waals surface area contributed by atoms with Gasteiger partial charge in [0.25, 0.3) is 5.91 Å². The average molecular weight is 363 g/mol. The maximum absolute atomic E-state index is 12.1. The number of halogens is 1. The molecule has 3 aromatic rings. The maximum atomic E-state index is 12.1. The number of oxazole rings is 1. The van der Waals surface area contributed by atoms with Gasteiger partial charge in [0.15, 0.2) is 6.54 Å². The van der Waals surface area contributed by atoms with Crippen LogP contribution in [0.3, 0.4) is 0 Å². The molecule has 1 unspecified atom stereocenters. The highest BCUT2D eigenvalue weighted by Crippen LogP contribution is 2.23. The first kappa shape index (κ1) is 16.7. The lowest BCUT2D eigenvalue weighted by Gasteiger charge is -2.12. The Morgan fingerprint density at radius 1 is 1.33 bits per heavy atom. The minimum atomic E-state index is -0.0585. The number of anilines is 1. The zero-order chi connectivity index (χ0) is 16.9. The summed E-state index contributed by atoms with van der Waals surface area (Å²) in [4.78, 5) is 18.6. The summed E-state index contributed by atoms with van der Waals surface area (Å²) >= 11 is 7.41. The van der Waals surface area contributed by atoms with Crippen LogP contribution in [0.4, 0.5) is 5.69 Å². The van der Waals surface area contributed by atoms with Crippen LogP contribution >= 0.6 is 22.9 Å². The molecular weight excluding hydrogens is 346 g/mol. The van der Waals surface area contributed by atoms with E-state index in [4.69, 9.17) is 16.0 Å². The first-order valence-electron chi connectivity index (χ1n) is 7.45. The van der Waals surface area contributed by atoms with Gasteiger partial charge in [0.05, 0.1) is 11.9 Å². The molecule has 0 saturated carbocycles. The Balaban J connectivity index is 1.52. The molecule has 24 heavy (non-hydrogen) atoms. The molecule has 0 aliphatic rings. The molecule has 124 valence electrons. The molecular formula is C17H17ClN3O2S+. The number of hydrogen-bond donors (Lipinski definition) is 2. The highest BCUT2D eigenvalue weighted by molar-refractivity contribution is 7.13. The molecule has 2 aromatic heterocycles. The zero-order valence-corrected chi connectivity index (χ0v) is 14.7. The molecule has 1 aromatic carbocycles. The van der Waals surface area contributed by atoms with Crippen molar-refractivity contribution >= 4 is 34.5 Å². The summed E-state index contributed by atoms with van der Waals surface area (Å²) in [5.41, 5.74) is 1.56. The monoisotopic (exact) mass is 362 g/mol. The molecule has 0 aliphatic carbocycles. The molecule has 1 atom stereocenters. The Morgan fingerprint density at radius 2 is 2.12 bits per heavy atom. The number of nitrogens with zero attached hydrogens (tertiary/aromatic N) is 1. The predicted octanol–water partition coefficient (Wildman–Crippen LogP) is 2.71. The van der Waals surface area contributed by atoms with E-state index in [1.54, 1.807) is 41.9 Å². The van der Waals surface area contributed by atoms with Crippen molar-refractivity contribution < 1.29 is 14.1 Å². The number of aromatic nitrogens is 1. The number of likely N-dealkylation sites (N-methyl/N-ethyl adjacent to an activating group) is 1. The van der Waals surface area contributed by atoms with Crippen LogP contribution in [0, 0.1) is 0 Å². The largest absolute Gasteiger partial charge is 0.443 e. The van der Waals surface area contributed by atoms with Crippen molar-refractivity contribution in [1.82, 2.24) is 4.98 Å². The number of carbonyl (C=O) groups is 1. The van der Waals surface area contributed by atoms with Crippen LogP contribution in [-0.4, -0.2) is 24.5 Å². The van der Waals surface area contributed by atoms with Gasteiger partial charge in [-0.2, -0.15) is 0 Å². The van der Waals surface area contributed by atoms with E-state index in [1.165, 1.54) is 0 Å². The number of thiophene rings is 1. The van der Waals surface area contributed by atoms with Crippen molar-refractivity contribution in [1.29, 1.82) is 0 Å². The second kappa shape index (κ2) is 7.61. The molecule has 2 N–H and O–H groups in total. The minimum absolute atomic E-state index is 0.0585. The van der Waals surface area contributed by atoms with Gasteiger partial charge in [-0.15, -0.1) is 11.3 Å². The summed E-state index contributed by atoms with van der Waals surface area (Å²) in [7, 11) is 1.95. The van der Waals surface area contributed by atoms with Gasteiger partial charge in [-0.3, -0.25) is 4.79 Å². The molecule has 1 amide bonds. The molecule has 0 fully saturated rings. The van der Waals surface area contributed by atoms with Crippen LogP contribution in [-0.2, 0) is 11.3 Å². The second-order valence-corrected chi connectivity index (χ2v) is 6.87. The van der Waals surface area contributed by atoms with E-state index in [2.05, 4.69) is 10.3 Å². The van der Waals surface area contributed by atoms with E-state index in [9.17, 15) is 4.79 Å². The second-order valence-electron chi connectivity index (χ2n) is 5.49. The Kier molecular flexibility index (Phi) is 5.30. The fourth-order valence-electron chi connectivity index (χ4n) is 2.29. The Labute approximate surface area is 148 Å². The number of hydrogen-bond acceptors (Lipinski definition) is 4. The maximum Gasteiger partial charge on any atom is 0.279 e. The van der Waals surface area contributed by atoms with Gasteiger partial charge in [-0.25, -0.2) is 4.98 Å². The topological polar surface area (TPSA) is 59.6 Å². The van der Waals surface area contributed by atoms with Crippen LogP contribution in [0.25, 0.3) is 10.8 Å². The average Bonchev–Trinajstić information content (AvgIpc) is 3.20. The van der Waals surface area contributed by atoms with Gasteiger partial charge in [0.1, 0.15) is 18.5 Å². The van der Waals surface area contributed by atoms with Gasteiger partial charge in [-0.05, 0) is 35.7 Å². The fourth-order valence-corrected chi connectivity index (χ4v) is 3.07. The van der Waals surface area contributed by atoms with E-state index in [1.807, 2.05) is 24.6 Å². The quantitative estimate of drug-likeness (QED) is 0.708. The van der Waals surface area contributed by atoms with Crippen molar-refractivity contribution in [3.8, 4) is 10.8 Å².